The van der Waals surface area contributed by atoms with Crippen molar-refractivity contribution in [2.24, 2.45) is 0 Å². The summed E-state index contributed by atoms with van der Waals surface area (Å²) in [5.74, 6) is 2.65. The normalized spacial score (nSPS) is 18.1. The quantitative estimate of drug-likeness (QED) is 0.670. The largest absolute Gasteiger partial charge is 0.493 e. The van der Waals surface area contributed by atoms with Crippen molar-refractivity contribution in [2.75, 3.05) is 56.7 Å². The fourth-order valence-corrected chi connectivity index (χ4v) is 4.35. The van der Waals surface area contributed by atoms with Gasteiger partial charge in [0.15, 0.2) is 11.5 Å². The van der Waals surface area contributed by atoms with Gasteiger partial charge in [-0.1, -0.05) is 6.07 Å². The van der Waals surface area contributed by atoms with Crippen LogP contribution in [0.5, 0.6) is 11.5 Å². The van der Waals surface area contributed by atoms with Crippen molar-refractivity contribution in [3.8, 4) is 11.5 Å². The third-order valence-corrected chi connectivity index (χ3v) is 6.04. The lowest BCUT2D eigenvalue weighted by atomic mass is 10.0. The standard InChI is InChI=1S/C25H36N4O3/c1-19(2)32-24-16-20(4-6-23(24)30-3)18-28-10-8-21(9-11-28)27-22-5-7-25(26-17-22)29-12-14-31-15-13-29/h4-7,16-17,19,21,27H,8-15,18H2,1-3H3. The van der Waals surface area contributed by atoms with Crippen LogP contribution in [0.25, 0.3) is 0 Å². The fraction of sp³-hybridized carbons (Fsp3) is 0.560. The molecule has 0 saturated carbocycles. The second-order valence-electron chi connectivity index (χ2n) is 8.85. The molecular formula is C25H36N4O3. The van der Waals surface area contributed by atoms with Crippen molar-refractivity contribution in [1.29, 1.82) is 0 Å². The van der Waals surface area contributed by atoms with Crippen molar-refractivity contribution in [1.82, 2.24) is 9.88 Å². The van der Waals surface area contributed by atoms with Gasteiger partial charge in [-0.05, 0) is 56.5 Å². The highest BCUT2D eigenvalue weighted by Gasteiger charge is 2.20. The number of pyridine rings is 1. The van der Waals surface area contributed by atoms with Crippen molar-refractivity contribution >= 4 is 11.5 Å². The number of ether oxygens (including phenoxy) is 3. The summed E-state index contributed by atoms with van der Waals surface area (Å²) >= 11 is 0. The van der Waals surface area contributed by atoms with Crippen molar-refractivity contribution < 1.29 is 14.2 Å². The van der Waals surface area contributed by atoms with E-state index in [-0.39, 0.29) is 6.10 Å². The Kier molecular flexibility index (Phi) is 7.71. The Bertz CT molecular complexity index is 845. The first-order valence-electron chi connectivity index (χ1n) is 11.7. The molecule has 7 heteroatoms. The molecule has 2 saturated heterocycles. The molecule has 1 aromatic carbocycles. The van der Waals surface area contributed by atoms with E-state index >= 15 is 0 Å². The van der Waals surface area contributed by atoms with E-state index in [1.165, 1.54) is 5.56 Å². The number of rotatable bonds is 8. The second kappa shape index (κ2) is 10.9. The molecule has 4 rings (SSSR count). The maximum atomic E-state index is 5.93. The first kappa shape index (κ1) is 22.7. The Labute approximate surface area is 191 Å². The number of hydrogen-bond acceptors (Lipinski definition) is 7. The Balaban J connectivity index is 1.26. The lowest BCUT2D eigenvalue weighted by molar-refractivity contribution is 0.122. The van der Waals surface area contributed by atoms with Crippen LogP contribution in [-0.4, -0.2) is 68.5 Å². The minimum atomic E-state index is 0.124. The van der Waals surface area contributed by atoms with Crippen molar-refractivity contribution in [3.63, 3.8) is 0 Å². The van der Waals surface area contributed by atoms with Crippen LogP contribution in [0.3, 0.4) is 0 Å². The summed E-state index contributed by atoms with van der Waals surface area (Å²) < 4.78 is 16.8. The van der Waals surface area contributed by atoms with Crippen LogP contribution in [0, 0.1) is 0 Å². The van der Waals surface area contributed by atoms with Crippen LogP contribution in [-0.2, 0) is 11.3 Å². The molecule has 2 fully saturated rings. The highest BCUT2D eigenvalue weighted by atomic mass is 16.5. The average molecular weight is 441 g/mol. The van der Waals surface area contributed by atoms with Crippen LogP contribution < -0.4 is 19.7 Å². The van der Waals surface area contributed by atoms with E-state index in [2.05, 4.69) is 44.4 Å². The van der Waals surface area contributed by atoms with Gasteiger partial charge in [-0.2, -0.15) is 0 Å². The van der Waals surface area contributed by atoms with Crippen LogP contribution in [0.2, 0.25) is 0 Å². The lowest BCUT2D eigenvalue weighted by Crippen LogP contribution is -2.38. The van der Waals surface area contributed by atoms with E-state index < -0.39 is 0 Å². The molecule has 32 heavy (non-hydrogen) atoms. The third kappa shape index (κ3) is 6.04. The molecule has 2 aliphatic heterocycles. The van der Waals surface area contributed by atoms with Gasteiger partial charge in [0.2, 0.25) is 0 Å². The van der Waals surface area contributed by atoms with Gasteiger partial charge in [-0.25, -0.2) is 4.98 Å². The molecule has 3 heterocycles. The highest BCUT2D eigenvalue weighted by molar-refractivity contribution is 5.49. The molecular weight excluding hydrogens is 404 g/mol. The monoisotopic (exact) mass is 440 g/mol. The lowest BCUT2D eigenvalue weighted by Gasteiger charge is -2.33. The molecule has 1 aromatic heterocycles. The van der Waals surface area contributed by atoms with Gasteiger partial charge in [0.05, 0.1) is 38.3 Å². The zero-order chi connectivity index (χ0) is 22.3. The average Bonchev–Trinajstić information content (AvgIpc) is 2.81. The zero-order valence-electron chi connectivity index (χ0n) is 19.5. The minimum Gasteiger partial charge on any atom is -0.493 e. The van der Waals surface area contributed by atoms with Gasteiger partial charge in [0.1, 0.15) is 5.82 Å². The molecule has 0 atom stereocenters. The summed E-state index contributed by atoms with van der Waals surface area (Å²) in [4.78, 5) is 9.45. The number of nitrogens with one attached hydrogen (secondary N) is 1. The van der Waals surface area contributed by atoms with E-state index in [1.807, 2.05) is 26.1 Å². The third-order valence-electron chi connectivity index (χ3n) is 6.04. The molecule has 0 spiro atoms. The molecule has 174 valence electrons. The number of anilines is 2. The van der Waals surface area contributed by atoms with Crippen molar-refractivity contribution in [2.45, 2.75) is 45.4 Å². The van der Waals surface area contributed by atoms with Crippen LogP contribution in [0.1, 0.15) is 32.3 Å². The maximum Gasteiger partial charge on any atom is 0.161 e. The summed E-state index contributed by atoms with van der Waals surface area (Å²) in [5.41, 5.74) is 2.36. The first-order chi connectivity index (χ1) is 15.6. The first-order valence-corrected chi connectivity index (χ1v) is 11.7. The summed E-state index contributed by atoms with van der Waals surface area (Å²) in [7, 11) is 1.69. The summed E-state index contributed by atoms with van der Waals surface area (Å²) in [5, 5.41) is 3.67. The van der Waals surface area contributed by atoms with E-state index in [4.69, 9.17) is 14.2 Å². The Morgan fingerprint density at radius 1 is 1.06 bits per heavy atom. The molecule has 0 radical (unpaired) electrons. The predicted molar refractivity (Wildman–Crippen MR) is 128 cm³/mol. The Morgan fingerprint density at radius 3 is 2.50 bits per heavy atom. The number of methoxy groups -OCH3 is 1. The SMILES string of the molecule is COc1ccc(CN2CCC(Nc3ccc(N4CCOCC4)nc3)CC2)cc1OC(C)C. The molecule has 0 unspecified atom stereocenters. The van der Waals surface area contributed by atoms with E-state index in [1.54, 1.807) is 7.11 Å². The molecule has 2 aliphatic rings. The fourth-order valence-electron chi connectivity index (χ4n) is 4.35. The number of likely N-dealkylation sites (tertiary alicyclic amines) is 1. The number of nitrogens with zero attached hydrogens (tertiary/aromatic N) is 3. The number of aromatic nitrogens is 1. The van der Waals surface area contributed by atoms with Crippen molar-refractivity contribution in [3.05, 3.63) is 42.1 Å². The molecule has 0 amide bonds. The summed E-state index contributed by atoms with van der Waals surface area (Å²) in [6.07, 6.45) is 4.33. The van der Waals surface area contributed by atoms with E-state index in [0.29, 0.717) is 6.04 Å². The van der Waals surface area contributed by atoms with Gasteiger partial charge in [0, 0.05) is 38.8 Å². The van der Waals surface area contributed by atoms with Gasteiger partial charge < -0.3 is 24.4 Å². The minimum absolute atomic E-state index is 0.124. The number of hydrogen-bond donors (Lipinski definition) is 1. The van der Waals surface area contributed by atoms with E-state index in [0.717, 1.165) is 81.8 Å². The number of morpholine rings is 1. The predicted octanol–water partition coefficient (Wildman–Crippen LogP) is 3.79. The van der Waals surface area contributed by atoms with Crippen LogP contribution >= 0.6 is 0 Å². The van der Waals surface area contributed by atoms with Gasteiger partial charge in [-0.3, -0.25) is 4.90 Å². The number of benzene rings is 1. The van der Waals surface area contributed by atoms with Crippen LogP contribution in [0.4, 0.5) is 11.5 Å². The summed E-state index contributed by atoms with van der Waals surface area (Å²) in [6, 6.07) is 11.0. The molecule has 7 nitrogen and oxygen atoms in total. The molecule has 0 aliphatic carbocycles. The molecule has 2 aromatic rings. The second-order valence-corrected chi connectivity index (χ2v) is 8.85. The summed E-state index contributed by atoms with van der Waals surface area (Å²) in [6.45, 7) is 10.5. The maximum absolute atomic E-state index is 5.93. The van der Waals surface area contributed by atoms with Crippen LogP contribution in [0.15, 0.2) is 36.5 Å². The highest BCUT2D eigenvalue weighted by Crippen LogP contribution is 2.30. The topological polar surface area (TPSA) is 59.1 Å². The molecule has 0 bridgehead atoms. The smallest absolute Gasteiger partial charge is 0.161 e. The van der Waals surface area contributed by atoms with Gasteiger partial charge >= 0.3 is 0 Å². The molecule has 1 N–H and O–H groups in total. The number of piperidine rings is 1. The Morgan fingerprint density at radius 2 is 1.84 bits per heavy atom. The Hall–Kier alpha value is -2.51. The zero-order valence-corrected chi connectivity index (χ0v) is 19.5. The van der Waals surface area contributed by atoms with Gasteiger partial charge in [-0.15, -0.1) is 0 Å². The van der Waals surface area contributed by atoms with E-state index in [9.17, 15) is 0 Å². The van der Waals surface area contributed by atoms with Gasteiger partial charge in [0.25, 0.3) is 0 Å².